The van der Waals surface area contributed by atoms with Gasteiger partial charge >= 0.3 is 17.1 Å². The van der Waals surface area contributed by atoms with Gasteiger partial charge < -0.3 is 0 Å². The van der Waals surface area contributed by atoms with Crippen LogP contribution in [0, 0.1) is 48.9 Å². The lowest BCUT2D eigenvalue weighted by atomic mass is 10.1. The van der Waals surface area contributed by atoms with Crippen LogP contribution in [0.4, 0.5) is 25.8 Å². The van der Waals surface area contributed by atoms with E-state index in [1.165, 1.54) is 0 Å². The molecule has 0 bridgehead atoms. The molecule has 0 amide bonds. The molecule has 18 heavy (non-hydrogen) atoms. The summed E-state index contributed by atoms with van der Waals surface area (Å²) in [5.74, 6) is -4.10. The van der Waals surface area contributed by atoms with E-state index >= 15 is 0 Å². The van der Waals surface area contributed by atoms with Crippen molar-refractivity contribution in [1.29, 1.82) is 0 Å². The molecule has 0 heterocycles. The zero-order chi connectivity index (χ0) is 14.2. The predicted octanol–water partition coefficient (Wildman–Crippen LogP) is 2.00. The zero-order valence-electron chi connectivity index (χ0n) is 8.55. The molecule has 0 unspecified atom stereocenters. The fourth-order valence-electron chi connectivity index (χ4n) is 1.36. The highest BCUT2D eigenvalue weighted by Crippen LogP contribution is 2.39. The quantitative estimate of drug-likeness (QED) is 0.605. The van der Waals surface area contributed by atoms with Gasteiger partial charge in [-0.25, -0.2) is 0 Å². The number of nitrogens with zero attached hydrogens (tertiary/aromatic N) is 3. The molecule has 0 atom stereocenters. The number of benzene rings is 1. The number of hydrogen-bond donors (Lipinski definition) is 0. The van der Waals surface area contributed by atoms with Crippen molar-refractivity contribution in [1.82, 2.24) is 0 Å². The molecule has 0 N–H and O–H groups in total. The van der Waals surface area contributed by atoms with Gasteiger partial charge in [-0.15, -0.1) is 0 Å². The van der Waals surface area contributed by atoms with Crippen LogP contribution in [0.15, 0.2) is 0 Å². The zero-order valence-corrected chi connectivity index (χ0v) is 8.55. The van der Waals surface area contributed by atoms with Crippen LogP contribution in [0.1, 0.15) is 5.56 Å². The molecular formula is C7H3F2N3O6. The lowest BCUT2D eigenvalue weighted by Crippen LogP contribution is -2.08. The van der Waals surface area contributed by atoms with Gasteiger partial charge in [0.2, 0.25) is 0 Å². The first-order valence-electron chi connectivity index (χ1n) is 4.14. The lowest BCUT2D eigenvalue weighted by molar-refractivity contribution is -0.411. The van der Waals surface area contributed by atoms with Gasteiger partial charge in [0, 0.05) is 0 Å². The molecule has 1 rings (SSSR count). The number of hydrogen-bond acceptors (Lipinski definition) is 6. The van der Waals surface area contributed by atoms with Gasteiger partial charge in [0.25, 0.3) is 11.6 Å². The van der Waals surface area contributed by atoms with E-state index in [-0.39, 0.29) is 0 Å². The van der Waals surface area contributed by atoms with Crippen LogP contribution in [0.5, 0.6) is 0 Å². The van der Waals surface area contributed by atoms with E-state index in [9.17, 15) is 39.1 Å². The molecule has 9 nitrogen and oxygen atoms in total. The van der Waals surface area contributed by atoms with Crippen molar-refractivity contribution in [3.8, 4) is 0 Å². The summed E-state index contributed by atoms with van der Waals surface area (Å²) < 4.78 is 26.8. The van der Waals surface area contributed by atoms with Crippen LogP contribution in [0.3, 0.4) is 0 Å². The van der Waals surface area contributed by atoms with Crippen molar-refractivity contribution in [3.05, 3.63) is 47.5 Å². The van der Waals surface area contributed by atoms with Gasteiger partial charge in [-0.1, -0.05) is 0 Å². The van der Waals surface area contributed by atoms with Crippen molar-refractivity contribution in [3.63, 3.8) is 0 Å². The second kappa shape index (κ2) is 4.27. The lowest BCUT2D eigenvalue weighted by Gasteiger charge is -2.02. The highest BCUT2D eigenvalue weighted by molar-refractivity contribution is 5.62. The third kappa shape index (κ3) is 1.81. The van der Waals surface area contributed by atoms with E-state index in [0.717, 1.165) is 6.92 Å². The third-order valence-corrected chi connectivity index (χ3v) is 2.09. The topological polar surface area (TPSA) is 129 Å². The molecule has 1 aromatic carbocycles. The first kappa shape index (κ1) is 13.3. The largest absolute Gasteiger partial charge is 0.354 e. The maximum Gasteiger partial charge on any atom is 0.354 e. The summed E-state index contributed by atoms with van der Waals surface area (Å²) in [6.07, 6.45) is 0. The minimum absolute atomic E-state index is 0.728. The Bertz CT molecular complexity index is 485. The van der Waals surface area contributed by atoms with E-state index in [1.807, 2.05) is 0 Å². The number of nitro benzene ring substituents is 3. The Balaban J connectivity index is 3.94. The van der Waals surface area contributed by atoms with Crippen molar-refractivity contribution in [2.45, 2.75) is 6.92 Å². The van der Waals surface area contributed by atoms with Crippen LogP contribution in [-0.2, 0) is 0 Å². The molecule has 0 aliphatic carbocycles. The Morgan fingerprint density at radius 2 is 1.06 bits per heavy atom. The Morgan fingerprint density at radius 3 is 1.28 bits per heavy atom. The molecule has 0 aromatic heterocycles. The fraction of sp³-hybridized carbons (Fsp3) is 0.143. The van der Waals surface area contributed by atoms with Crippen molar-refractivity contribution >= 4 is 17.1 Å². The van der Waals surface area contributed by atoms with Gasteiger partial charge in [-0.2, -0.15) is 8.78 Å². The monoisotopic (exact) mass is 263 g/mol. The number of halogens is 2. The van der Waals surface area contributed by atoms with Gasteiger partial charge in [0.1, 0.15) is 5.56 Å². The summed E-state index contributed by atoms with van der Waals surface area (Å²) in [6.45, 7) is 0.728. The molecule has 96 valence electrons. The molecule has 1 aromatic rings. The maximum absolute atomic E-state index is 13.4. The Kier molecular flexibility index (Phi) is 3.17. The molecule has 0 aliphatic heterocycles. The summed E-state index contributed by atoms with van der Waals surface area (Å²) in [6, 6.07) is 0. The van der Waals surface area contributed by atoms with Gasteiger partial charge in [-0.05, 0) is 6.92 Å². The smallest absolute Gasteiger partial charge is 0.258 e. The van der Waals surface area contributed by atoms with Gasteiger partial charge in [0.05, 0.1) is 14.8 Å². The molecular weight excluding hydrogens is 260 g/mol. The SMILES string of the molecule is Cc1c([N+](=O)[O-])c(F)c([N+](=O)[O-])c(F)c1[N+](=O)[O-]. The fourth-order valence-corrected chi connectivity index (χ4v) is 1.36. The van der Waals surface area contributed by atoms with Gasteiger partial charge in [-0.3, -0.25) is 30.3 Å². The van der Waals surface area contributed by atoms with Crippen LogP contribution in [0.2, 0.25) is 0 Å². The van der Waals surface area contributed by atoms with Crippen LogP contribution in [0.25, 0.3) is 0 Å². The first-order valence-corrected chi connectivity index (χ1v) is 4.14. The van der Waals surface area contributed by atoms with E-state index in [4.69, 9.17) is 0 Å². The number of rotatable bonds is 3. The highest BCUT2D eigenvalue weighted by atomic mass is 19.1. The van der Waals surface area contributed by atoms with E-state index in [1.54, 1.807) is 0 Å². The Morgan fingerprint density at radius 1 is 0.778 bits per heavy atom. The second-order valence-electron chi connectivity index (χ2n) is 3.07. The summed E-state index contributed by atoms with van der Waals surface area (Å²) in [4.78, 5) is 27.0. The normalized spacial score (nSPS) is 10.2. The van der Waals surface area contributed by atoms with Crippen LogP contribution in [-0.4, -0.2) is 14.8 Å². The molecule has 11 heteroatoms. The van der Waals surface area contributed by atoms with E-state index in [0.29, 0.717) is 0 Å². The Labute approximate surface area is 96.1 Å². The molecule has 0 spiro atoms. The molecule has 0 fully saturated rings. The highest BCUT2D eigenvalue weighted by Gasteiger charge is 2.41. The average molecular weight is 263 g/mol. The van der Waals surface area contributed by atoms with E-state index < -0.39 is 49.0 Å². The molecule has 0 saturated heterocycles. The van der Waals surface area contributed by atoms with Crippen molar-refractivity contribution < 1.29 is 23.6 Å². The Hall–Kier alpha value is -2.72. The van der Waals surface area contributed by atoms with Crippen molar-refractivity contribution in [2.24, 2.45) is 0 Å². The van der Waals surface area contributed by atoms with Crippen LogP contribution < -0.4 is 0 Å². The number of nitro groups is 3. The molecule has 0 radical (unpaired) electrons. The standard InChI is InChI=1S/C7H3F2N3O6/c1-2-5(10(13)14)3(8)7(12(17)18)4(9)6(2)11(15)16/h1H3. The van der Waals surface area contributed by atoms with E-state index in [2.05, 4.69) is 0 Å². The summed E-state index contributed by atoms with van der Waals surface area (Å²) in [5, 5.41) is 31.4. The maximum atomic E-state index is 13.4. The summed E-state index contributed by atoms with van der Waals surface area (Å²) >= 11 is 0. The minimum Gasteiger partial charge on any atom is -0.258 e. The summed E-state index contributed by atoms with van der Waals surface area (Å²) in [5.41, 5.74) is -5.82. The first-order chi connectivity index (χ1) is 8.20. The molecule has 0 aliphatic rings. The third-order valence-electron chi connectivity index (χ3n) is 2.09. The predicted molar refractivity (Wildman–Crippen MR) is 51.1 cm³/mol. The summed E-state index contributed by atoms with van der Waals surface area (Å²) in [7, 11) is 0. The van der Waals surface area contributed by atoms with Crippen LogP contribution >= 0.6 is 0 Å². The average Bonchev–Trinajstić information content (AvgIpc) is 2.14. The second-order valence-corrected chi connectivity index (χ2v) is 3.07. The van der Waals surface area contributed by atoms with Gasteiger partial charge in [0.15, 0.2) is 0 Å². The molecule has 0 saturated carbocycles. The minimum atomic E-state index is -2.05. The van der Waals surface area contributed by atoms with Crippen molar-refractivity contribution in [2.75, 3.05) is 0 Å².